The van der Waals surface area contributed by atoms with Gasteiger partial charge in [0.15, 0.2) is 0 Å². The van der Waals surface area contributed by atoms with Crippen molar-refractivity contribution < 1.29 is 9.59 Å². The normalized spacial score (nSPS) is 23.8. The molecule has 2 unspecified atom stereocenters. The van der Waals surface area contributed by atoms with Crippen molar-refractivity contribution in [1.82, 2.24) is 14.7 Å². The molecule has 0 spiro atoms. The summed E-state index contributed by atoms with van der Waals surface area (Å²) in [6.45, 7) is 6.56. The van der Waals surface area contributed by atoms with Crippen LogP contribution >= 0.6 is 30.1 Å². The summed E-state index contributed by atoms with van der Waals surface area (Å²) in [7, 11) is 5.42. The summed E-state index contributed by atoms with van der Waals surface area (Å²) in [4.78, 5) is 30.6. The first-order chi connectivity index (χ1) is 11.2. The molecule has 0 N–H and O–H groups in total. The van der Waals surface area contributed by atoms with Crippen LogP contribution in [0.3, 0.4) is 0 Å². The van der Waals surface area contributed by atoms with Crippen molar-refractivity contribution in [1.29, 1.82) is 0 Å². The van der Waals surface area contributed by atoms with Crippen molar-refractivity contribution in [3.05, 3.63) is 11.1 Å². The van der Waals surface area contributed by atoms with Crippen molar-refractivity contribution in [2.75, 3.05) is 20.6 Å². The average Bonchev–Trinajstić information content (AvgIpc) is 2.50. The van der Waals surface area contributed by atoms with E-state index in [0.29, 0.717) is 6.54 Å². The van der Waals surface area contributed by atoms with Gasteiger partial charge < -0.3 is 9.80 Å². The molecule has 2 bridgehead atoms. The molecule has 0 aliphatic carbocycles. The van der Waals surface area contributed by atoms with Gasteiger partial charge in [-0.1, -0.05) is 18.9 Å². The number of nitrogens with zero attached hydrogens (tertiary/aromatic N) is 3. The first-order valence-corrected chi connectivity index (χ1v) is 11.4. The molecule has 2 amide bonds. The minimum Gasteiger partial charge on any atom is -0.315 e. The van der Waals surface area contributed by atoms with Gasteiger partial charge in [0, 0.05) is 27.8 Å². The van der Waals surface area contributed by atoms with Crippen LogP contribution in [0.15, 0.2) is 11.1 Å². The number of fused-ring (bicyclic) bond motifs is 2. The van der Waals surface area contributed by atoms with E-state index < -0.39 is 0 Å². The number of halogens is 1. The number of hydrogen-bond donors (Lipinski definition) is 0. The number of rotatable bonds is 4. The maximum atomic E-state index is 12.7. The SMILES string of the molecule is CC/C=C(\SI)N1CC2CC(C1=O)N2C(=O)C#CC(C)(C)N(C)C. The van der Waals surface area contributed by atoms with Gasteiger partial charge in [-0.2, -0.15) is 0 Å². The Balaban J connectivity index is 2.11. The van der Waals surface area contributed by atoms with Gasteiger partial charge in [-0.05, 0) is 55.6 Å². The minimum atomic E-state index is -0.374. The Morgan fingerprint density at radius 1 is 1.50 bits per heavy atom. The Labute approximate surface area is 160 Å². The Hall–Kier alpha value is -0.720. The molecule has 0 radical (unpaired) electrons. The zero-order valence-electron chi connectivity index (χ0n) is 14.8. The van der Waals surface area contributed by atoms with E-state index in [1.165, 1.54) is 0 Å². The van der Waals surface area contributed by atoms with Gasteiger partial charge in [-0.3, -0.25) is 14.5 Å². The van der Waals surface area contributed by atoms with Gasteiger partial charge in [-0.15, -0.1) is 0 Å². The molecular weight excluding hydrogens is 437 g/mol. The van der Waals surface area contributed by atoms with Crippen LogP contribution in [0.4, 0.5) is 0 Å². The van der Waals surface area contributed by atoms with E-state index in [-0.39, 0.29) is 29.4 Å². The predicted octanol–water partition coefficient (Wildman–Crippen LogP) is 2.48. The van der Waals surface area contributed by atoms with E-state index >= 15 is 0 Å². The summed E-state index contributed by atoms with van der Waals surface area (Å²) in [5.41, 5.74) is -0.374. The average molecular weight is 461 g/mol. The molecule has 3 aliphatic heterocycles. The number of piperidine rings is 1. The van der Waals surface area contributed by atoms with Crippen molar-refractivity contribution in [2.24, 2.45) is 0 Å². The Kier molecular flexibility index (Phi) is 6.26. The molecule has 3 heterocycles. The molecule has 0 saturated carbocycles. The molecule has 3 rings (SSSR count). The topological polar surface area (TPSA) is 43.9 Å². The summed E-state index contributed by atoms with van der Waals surface area (Å²) in [5.74, 6) is 5.54. The second kappa shape index (κ2) is 7.67. The fraction of sp³-hybridized carbons (Fsp3) is 0.647. The maximum Gasteiger partial charge on any atom is 0.299 e. The van der Waals surface area contributed by atoms with Crippen molar-refractivity contribution in [3.8, 4) is 11.8 Å². The lowest BCUT2D eigenvalue weighted by Gasteiger charge is -2.54. The smallest absolute Gasteiger partial charge is 0.299 e. The van der Waals surface area contributed by atoms with E-state index in [1.807, 2.05) is 37.7 Å². The number of carbonyl (C=O) groups is 2. The van der Waals surface area contributed by atoms with E-state index in [1.54, 1.807) is 13.8 Å². The molecule has 2 atom stereocenters. The zero-order chi connectivity index (χ0) is 18.1. The molecule has 0 aromatic carbocycles. The molecule has 5 nitrogen and oxygen atoms in total. The van der Waals surface area contributed by atoms with Crippen LogP contribution in [-0.2, 0) is 9.59 Å². The van der Waals surface area contributed by atoms with E-state index in [9.17, 15) is 9.59 Å². The number of piperazine rings is 1. The monoisotopic (exact) mass is 461 g/mol. The third kappa shape index (κ3) is 3.75. The number of allylic oxidation sites excluding steroid dienone is 1. The number of carbonyl (C=O) groups excluding carboxylic acids is 2. The van der Waals surface area contributed by atoms with Crippen molar-refractivity contribution >= 4 is 42.0 Å². The number of hydrogen-bond acceptors (Lipinski definition) is 4. The highest BCUT2D eigenvalue weighted by Crippen LogP contribution is 2.38. The number of amides is 2. The van der Waals surface area contributed by atoms with E-state index in [4.69, 9.17) is 0 Å². The minimum absolute atomic E-state index is 0.0170. The lowest BCUT2D eigenvalue weighted by Crippen LogP contribution is -2.72. The molecule has 3 aliphatic rings. The highest BCUT2D eigenvalue weighted by molar-refractivity contribution is 14.2. The fourth-order valence-electron chi connectivity index (χ4n) is 2.71. The lowest BCUT2D eigenvalue weighted by molar-refractivity contribution is -0.164. The van der Waals surface area contributed by atoms with Crippen LogP contribution < -0.4 is 0 Å². The van der Waals surface area contributed by atoms with Gasteiger partial charge in [0.05, 0.1) is 16.6 Å². The predicted molar refractivity (Wildman–Crippen MR) is 106 cm³/mol. The van der Waals surface area contributed by atoms with Crippen LogP contribution in [0.2, 0.25) is 0 Å². The largest absolute Gasteiger partial charge is 0.315 e. The molecule has 3 fully saturated rings. The quantitative estimate of drug-likeness (QED) is 0.477. The molecule has 3 saturated heterocycles. The first kappa shape index (κ1) is 19.6. The summed E-state index contributed by atoms with van der Waals surface area (Å²) < 4.78 is 0. The summed E-state index contributed by atoms with van der Waals surface area (Å²) in [6, 6.07) is -0.266. The second-order valence-electron chi connectivity index (χ2n) is 6.80. The van der Waals surface area contributed by atoms with Crippen molar-refractivity contribution in [3.63, 3.8) is 0 Å². The first-order valence-electron chi connectivity index (χ1n) is 8.06. The van der Waals surface area contributed by atoms with Crippen LogP contribution in [0.25, 0.3) is 0 Å². The Morgan fingerprint density at radius 3 is 2.67 bits per heavy atom. The van der Waals surface area contributed by atoms with Gasteiger partial charge in [0.1, 0.15) is 6.04 Å². The lowest BCUT2D eigenvalue weighted by atomic mass is 9.86. The maximum absolute atomic E-state index is 12.7. The molecule has 7 heteroatoms. The zero-order valence-corrected chi connectivity index (χ0v) is 17.8. The van der Waals surface area contributed by atoms with Gasteiger partial charge in [0.25, 0.3) is 5.91 Å². The van der Waals surface area contributed by atoms with Gasteiger partial charge in [-0.25, -0.2) is 0 Å². The van der Waals surface area contributed by atoms with Crippen molar-refractivity contribution in [2.45, 2.75) is 51.2 Å². The summed E-state index contributed by atoms with van der Waals surface area (Å²) >= 11 is 2.20. The van der Waals surface area contributed by atoms with E-state index in [0.717, 1.165) is 17.9 Å². The molecule has 24 heavy (non-hydrogen) atoms. The third-order valence-electron chi connectivity index (χ3n) is 4.72. The van der Waals surface area contributed by atoms with Crippen LogP contribution in [0.1, 0.15) is 33.6 Å². The van der Waals surface area contributed by atoms with Crippen LogP contribution in [0, 0.1) is 11.8 Å². The third-order valence-corrected chi connectivity index (χ3v) is 6.62. The van der Waals surface area contributed by atoms with Crippen LogP contribution in [0.5, 0.6) is 0 Å². The Morgan fingerprint density at radius 2 is 2.17 bits per heavy atom. The van der Waals surface area contributed by atoms with Gasteiger partial charge >= 0.3 is 0 Å². The second-order valence-corrected chi connectivity index (χ2v) is 8.69. The molecule has 0 aromatic rings. The molecular formula is C17H24IN3O2S. The van der Waals surface area contributed by atoms with Crippen LogP contribution in [-0.4, -0.2) is 64.8 Å². The highest BCUT2D eigenvalue weighted by Gasteiger charge is 2.53. The molecule has 0 aromatic heterocycles. The van der Waals surface area contributed by atoms with Gasteiger partial charge in [0.2, 0.25) is 5.91 Å². The van der Waals surface area contributed by atoms with E-state index in [2.05, 4.69) is 46.0 Å². The molecule has 132 valence electrons. The fourth-order valence-corrected chi connectivity index (χ4v) is 4.44. The summed E-state index contributed by atoms with van der Waals surface area (Å²) in [6.07, 6.45) is 3.70. The summed E-state index contributed by atoms with van der Waals surface area (Å²) in [5, 5.41) is 0.977. The standard InChI is InChI=1S/C17H24IN3O2S/c1-6-7-15(24-18)20-11-12-10-13(16(20)23)21(12)14(22)8-9-17(2,3)19(4)5/h7,12-13H,6,10-11H2,1-5H3/b15-7-. The Bertz CT molecular complexity index is 621. The highest BCUT2D eigenvalue weighted by atomic mass is 127.